The Morgan fingerprint density at radius 2 is 1.52 bits per heavy atom. The van der Waals surface area contributed by atoms with Crippen molar-refractivity contribution in [3.05, 3.63) is 0 Å². The van der Waals surface area contributed by atoms with Crippen LogP contribution in [0.15, 0.2) is 0 Å². The summed E-state index contributed by atoms with van der Waals surface area (Å²) in [6, 6.07) is 0.00390. The molecule has 0 unspecified atom stereocenters. The summed E-state index contributed by atoms with van der Waals surface area (Å²) < 4.78 is 40.0. The third-order valence-corrected chi connectivity index (χ3v) is 7.89. The summed E-state index contributed by atoms with van der Waals surface area (Å²) in [6.45, 7) is 2.05. The molecule has 5 aliphatic carbocycles. The van der Waals surface area contributed by atoms with Crippen LogP contribution in [0.1, 0.15) is 71.1 Å². The summed E-state index contributed by atoms with van der Waals surface area (Å²) in [7, 11) is 0. The van der Waals surface area contributed by atoms with E-state index in [-0.39, 0.29) is 23.8 Å². The van der Waals surface area contributed by atoms with Gasteiger partial charge in [0.2, 0.25) is 5.91 Å². The van der Waals surface area contributed by atoms with E-state index in [1.807, 2.05) is 0 Å². The van der Waals surface area contributed by atoms with Crippen molar-refractivity contribution in [1.29, 1.82) is 0 Å². The molecule has 0 aliphatic heterocycles. The van der Waals surface area contributed by atoms with Crippen molar-refractivity contribution in [2.75, 3.05) is 0 Å². The van der Waals surface area contributed by atoms with E-state index >= 15 is 0 Å². The largest absolute Gasteiger partial charge is 0.392 e. The van der Waals surface area contributed by atoms with Gasteiger partial charge in [-0.1, -0.05) is 12.8 Å². The number of amides is 1. The molecule has 142 valence electrons. The topological polar surface area (TPSA) is 29.1 Å². The van der Waals surface area contributed by atoms with Gasteiger partial charge in [-0.25, -0.2) is 0 Å². The first-order valence-electron chi connectivity index (χ1n) is 10.1. The smallest absolute Gasteiger partial charge is 0.353 e. The van der Waals surface area contributed by atoms with Gasteiger partial charge in [0.15, 0.2) is 0 Å². The Morgan fingerprint density at radius 3 is 2.04 bits per heavy atom. The fourth-order valence-electron chi connectivity index (χ4n) is 7.02. The number of rotatable bonds is 3. The van der Waals surface area contributed by atoms with E-state index < -0.39 is 18.0 Å². The maximum absolute atomic E-state index is 13.3. The Hall–Kier alpha value is -0.740. The summed E-state index contributed by atoms with van der Waals surface area (Å²) in [4.78, 5) is 12.7. The fourth-order valence-corrected chi connectivity index (χ4v) is 7.02. The fraction of sp³-hybridized carbons (Fsp3) is 0.950. The first-order chi connectivity index (χ1) is 11.8. The van der Waals surface area contributed by atoms with Gasteiger partial charge in [-0.3, -0.25) is 4.79 Å². The van der Waals surface area contributed by atoms with Crippen LogP contribution in [0.5, 0.6) is 0 Å². The lowest BCUT2D eigenvalue weighted by atomic mass is 9.48. The molecule has 3 atom stereocenters. The molecule has 0 saturated heterocycles. The standard InChI is InChI=1S/C20H30F3NO/c1-12(19-9-13-6-14(10-19)8-15(7-13)11-19)24-18(25)16-4-2-3-5-17(16)20(21,22)23/h12-17H,2-11H2,1H3,(H,24,25)/t12-,13?,14?,15?,16+,17+,19?/m0/s1. The zero-order valence-corrected chi connectivity index (χ0v) is 15.1. The van der Waals surface area contributed by atoms with Crippen molar-refractivity contribution >= 4 is 5.91 Å². The SMILES string of the molecule is C[C@H](NC(=O)[C@@H]1CCCC[C@H]1C(F)(F)F)C12CC3CC(CC(C3)C1)C2. The van der Waals surface area contributed by atoms with Gasteiger partial charge in [-0.2, -0.15) is 13.2 Å². The van der Waals surface area contributed by atoms with Crippen LogP contribution in [0.2, 0.25) is 0 Å². The molecule has 0 spiro atoms. The predicted molar refractivity (Wildman–Crippen MR) is 89.7 cm³/mol. The number of carbonyl (C=O) groups is 1. The molecule has 0 heterocycles. The van der Waals surface area contributed by atoms with Gasteiger partial charge >= 0.3 is 6.18 Å². The highest BCUT2D eigenvalue weighted by molar-refractivity contribution is 5.79. The minimum absolute atomic E-state index is 0.00390. The maximum atomic E-state index is 13.3. The maximum Gasteiger partial charge on any atom is 0.392 e. The molecular formula is C20H30F3NO. The van der Waals surface area contributed by atoms with Crippen LogP contribution in [-0.2, 0) is 4.79 Å². The number of halogens is 3. The summed E-state index contributed by atoms with van der Waals surface area (Å²) in [5, 5.41) is 3.07. The second-order valence-corrected chi connectivity index (χ2v) is 9.55. The molecular weight excluding hydrogens is 327 g/mol. The van der Waals surface area contributed by atoms with Gasteiger partial charge < -0.3 is 5.32 Å². The van der Waals surface area contributed by atoms with E-state index in [2.05, 4.69) is 12.2 Å². The van der Waals surface area contributed by atoms with Gasteiger partial charge in [0.25, 0.3) is 0 Å². The number of alkyl halides is 3. The lowest BCUT2D eigenvalue weighted by Crippen LogP contribution is -2.57. The van der Waals surface area contributed by atoms with Gasteiger partial charge in [0.05, 0.1) is 5.92 Å². The van der Waals surface area contributed by atoms with Crippen LogP contribution in [0, 0.1) is 35.0 Å². The Morgan fingerprint density at radius 1 is 1.00 bits per heavy atom. The zero-order valence-electron chi connectivity index (χ0n) is 15.1. The van der Waals surface area contributed by atoms with Crippen LogP contribution >= 0.6 is 0 Å². The van der Waals surface area contributed by atoms with Crippen molar-refractivity contribution in [2.24, 2.45) is 35.0 Å². The molecule has 5 fully saturated rings. The molecule has 1 amide bonds. The number of hydrogen-bond acceptors (Lipinski definition) is 1. The minimum atomic E-state index is -4.26. The van der Waals surface area contributed by atoms with Crippen LogP contribution in [0.3, 0.4) is 0 Å². The summed E-state index contributed by atoms with van der Waals surface area (Å²) in [5.41, 5.74) is 0.146. The number of hydrogen-bond donors (Lipinski definition) is 1. The van der Waals surface area contributed by atoms with Crippen LogP contribution in [-0.4, -0.2) is 18.1 Å². The molecule has 5 heteroatoms. The first kappa shape index (κ1) is 17.7. The zero-order chi connectivity index (χ0) is 17.8. The molecule has 5 aliphatic rings. The average molecular weight is 357 g/mol. The van der Waals surface area contributed by atoms with Crippen LogP contribution in [0.4, 0.5) is 13.2 Å². The van der Waals surface area contributed by atoms with E-state index in [1.165, 1.54) is 19.3 Å². The molecule has 5 rings (SSSR count). The summed E-state index contributed by atoms with van der Waals surface area (Å²) in [6.07, 6.45) is 5.02. The van der Waals surface area contributed by atoms with Gasteiger partial charge in [-0.15, -0.1) is 0 Å². The third kappa shape index (κ3) is 3.21. The van der Waals surface area contributed by atoms with Gasteiger partial charge in [0, 0.05) is 12.0 Å². The van der Waals surface area contributed by atoms with Crippen molar-refractivity contribution in [3.63, 3.8) is 0 Å². The van der Waals surface area contributed by atoms with E-state index in [1.54, 1.807) is 0 Å². The highest BCUT2D eigenvalue weighted by Gasteiger charge is 2.54. The molecule has 0 aromatic heterocycles. The van der Waals surface area contributed by atoms with Crippen LogP contribution in [0.25, 0.3) is 0 Å². The van der Waals surface area contributed by atoms with Crippen LogP contribution < -0.4 is 5.32 Å². The highest BCUT2D eigenvalue weighted by atomic mass is 19.4. The average Bonchev–Trinajstić information content (AvgIpc) is 2.52. The van der Waals surface area contributed by atoms with Crippen molar-refractivity contribution in [2.45, 2.75) is 83.4 Å². The Balaban J connectivity index is 1.45. The van der Waals surface area contributed by atoms with Gasteiger partial charge in [0.1, 0.15) is 0 Å². The minimum Gasteiger partial charge on any atom is -0.353 e. The molecule has 0 radical (unpaired) electrons. The molecule has 5 saturated carbocycles. The first-order valence-corrected chi connectivity index (χ1v) is 10.1. The third-order valence-electron chi connectivity index (χ3n) is 7.89. The van der Waals surface area contributed by atoms with Crippen molar-refractivity contribution < 1.29 is 18.0 Å². The molecule has 0 aromatic rings. The summed E-state index contributed by atoms with van der Waals surface area (Å²) >= 11 is 0. The van der Waals surface area contributed by atoms with E-state index in [4.69, 9.17) is 0 Å². The molecule has 2 nitrogen and oxygen atoms in total. The molecule has 1 N–H and O–H groups in total. The Labute approximate surface area is 148 Å². The number of carbonyl (C=O) groups excluding carboxylic acids is 1. The van der Waals surface area contributed by atoms with E-state index in [0.717, 1.165) is 43.4 Å². The van der Waals surface area contributed by atoms with Crippen molar-refractivity contribution in [3.8, 4) is 0 Å². The second-order valence-electron chi connectivity index (χ2n) is 9.55. The summed E-state index contributed by atoms with van der Waals surface area (Å²) in [5.74, 6) is -0.338. The normalized spacial score (nSPS) is 44.6. The van der Waals surface area contributed by atoms with E-state index in [9.17, 15) is 18.0 Å². The number of nitrogens with one attached hydrogen (secondary N) is 1. The Kier molecular flexibility index (Phi) is 4.35. The second kappa shape index (κ2) is 6.16. The van der Waals surface area contributed by atoms with E-state index in [0.29, 0.717) is 12.8 Å². The highest BCUT2D eigenvalue weighted by Crippen LogP contribution is 2.61. The quantitative estimate of drug-likeness (QED) is 0.750. The monoisotopic (exact) mass is 357 g/mol. The molecule has 4 bridgehead atoms. The van der Waals surface area contributed by atoms with Gasteiger partial charge in [-0.05, 0) is 81.5 Å². The van der Waals surface area contributed by atoms with Crippen molar-refractivity contribution in [1.82, 2.24) is 5.32 Å². The predicted octanol–water partition coefficient (Wildman–Crippen LogP) is 5.08. The molecule has 25 heavy (non-hydrogen) atoms. The Bertz CT molecular complexity index is 494. The lowest BCUT2D eigenvalue weighted by Gasteiger charge is -2.59. The molecule has 0 aromatic carbocycles. The lowest BCUT2D eigenvalue weighted by molar-refractivity contribution is -0.198.